The highest BCUT2D eigenvalue weighted by molar-refractivity contribution is 5.28. The second kappa shape index (κ2) is 8.11. The van der Waals surface area contributed by atoms with Crippen molar-refractivity contribution in [1.82, 2.24) is 4.90 Å². The van der Waals surface area contributed by atoms with Crippen LogP contribution in [0.3, 0.4) is 0 Å². The molecule has 102 valence electrons. The molecule has 0 saturated carbocycles. The number of hydrogen-bond acceptors (Lipinski definition) is 3. The van der Waals surface area contributed by atoms with Crippen molar-refractivity contribution < 1.29 is 4.74 Å². The quantitative estimate of drug-likeness (QED) is 0.771. The van der Waals surface area contributed by atoms with Crippen molar-refractivity contribution in [2.45, 2.75) is 32.7 Å². The second-order valence-electron chi connectivity index (χ2n) is 4.72. The fourth-order valence-corrected chi connectivity index (χ4v) is 1.85. The maximum Gasteiger partial charge on any atom is 0.119 e. The van der Waals surface area contributed by atoms with Crippen LogP contribution in [0.1, 0.15) is 38.3 Å². The Hall–Kier alpha value is -1.06. The van der Waals surface area contributed by atoms with E-state index >= 15 is 0 Å². The summed E-state index contributed by atoms with van der Waals surface area (Å²) in [6, 6.07) is 8.82. The van der Waals surface area contributed by atoms with Gasteiger partial charge in [0.2, 0.25) is 0 Å². The van der Waals surface area contributed by atoms with Crippen molar-refractivity contribution in [2.24, 2.45) is 5.73 Å². The van der Waals surface area contributed by atoms with Crippen molar-refractivity contribution in [3.8, 4) is 5.75 Å². The van der Waals surface area contributed by atoms with Gasteiger partial charge in [-0.2, -0.15) is 0 Å². The molecule has 0 spiro atoms. The van der Waals surface area contributed by atoms with E-state index in [-0.39, 0.29) is 0 Å². The van der Waals surface area contributed by atoms with Crippen LogP contribution in [0.25, 0.3) is 0 Å². The summed E-state index contributed by atoms with van der Waals surface area (Å²) in [5.41, 5.74) is 6.86. The molecule has 0 aliphatic heterocycles. The number of benzene rings is 1. The molecule has 2 N–H and O–H groups in total. The second-order valence-corrected chi connectivity index (χ2v) is 4.72. The third-order valence-corrected chi connectivity index (χ3v) is 3.21. The minimum absolute atomic E-state index is 0.414. The van der Waals surface area contributed by atoms with Gasteiger partial charge in [0, 0.05) is 6.04 Å². The molecule has 1 aromatic carbocycles. The third-order valence-electron chi connectivity index (χ3n) is 3.21. The van der Waals surface area contributed by atoms with Crippen LogP contribution in [-0.4, -0.2) is 31.6 Å². The van der Waals surface area contributed by atoms with E-state index in [1.807, 2.05) is 0 Å². The molecule has 0 radical (unpaired) electrons. The Morgan fingerprint density at radius 3 is 2.50 bits per heavy atom. The van der Waals surface area contributed by atoms with E-state index in [1.165, 1.54) is 5.56 Å². The summed E-state index contributed by atoms with van der Waals surface area (Å²) in [6.45, 7) is 6.90. The Morgan fingerprint density at radius 2 is 1.94 bits per heavy atom. The Balaban J connectivity index is 2.55. The van der Waals surface area contributed by atoms with E-state index in [0.717, 1.165) is 38.3 Å². The van der Waals surface area contributed by atoms with Crippen LogP contribution in [-0.2, 0) is 0 Å². The lowest BCUT2D eigenvalue weighted by molar-refractivity contribution is 0.259. The van der Waals surface area contributed by atoms with Crippen molar-refractivity contribution in [2.75, 3.05) is 26.7 Å². The first-order chi connectivity index (χ1) is 8.69. The van der Waals surface area contributed by atoms with Gasteiger partial charge in [-0.15, -0.1) is 0 Å². The van der Waals surface area contributed by atoms with Crippen LogP contribution < -0.4 is 10.5 Å². The van der Waals surface area contributed by atoms with Crippen LogP contribution in [0.15, 0.2) is 24.3 Å². The largest absolute Gasteiger partial charge is 0.494 e. The lowest BCUT2D eigenvalue weighted by Gasteiger charge is -2.25. The predicted molar refractivity (Wildman–Crippen MR) is 76.9 cm³/mol. The summed E-state index contributed by atoms with van der Waals surface area (Å²) < 4.78 is 5.59. The zero-order chi connectivity index (χ0) is 13.4. The average Bonchev–Trinajstić information content (AvgIpc) is 2.42. The number of ether oxygens (including phenoxy) is 1. The summed E-state index contributed by atoms with van der Waals surface area (Å²) in [4.78, 5) is 2.33. The highest BCUT2D eigenvalue weighted by Crippen LogP contribution is 2.21. The van der Waals surface area contributed by atoms with E-state index in [4.69, 9.17) is 10.5 Å². The van der Waals surface area contributed by atoms with Crippen molar-refractivity contribution in [1.29, 1.82) is 0 Å². The minimum Gasteiger partial charge on any atom is -0.494 e. The van der Waals surface area contributed by atoms with Crippen molar-refractivity contribution in [3.63, 3.8) is 0 Å². The van der Waals surface area contributed by atoms with E-state index in [2.05, 4.69) is 50.1 Å². The molecule has 0 fully saturated rings. The maximum absolute atomic E-state index is 5.59. The smallest absolute Gasteiger partial charge is 0.119 e. The Labute approximate surface area is 111 Å². The SMILES string of the molecule is CCCOc1ccc(C(C)N(C)CCCN)cc1. The monoisotopic (exact) mass is 250 g/mol. The van der Waals surface area contributed by atoms with Crippen LogP contribution in [0.2, 0.25) is 0 Å². The van der Waals surface area contributed by atoms with Gasteiger partial charge in [-0.3, -0.25) is 4.90 Å². The van der Waals surface area contributed by atoms with Gasteiger partial charge in [0.05, 0.1) is 6.61 Å². The molecule has 1 atom stereocenters. The Bertz CT molecular complexity index is 324. The molecular formula is C15H26N2O. The Morgan fingerprint density at radius 1 is 1.28 bits per heavy atom. The molecule has 1 aromatic rings. The van der Waals surface area contributed by atoms with Crippen LogP contribution in [0.4, 0.5) is 0 Å². The molecule has 0 bridgehead atoms. The molecule has 0 aliphatic carbocycles. The van der Waals surface area contributed by atoms with E-state index in [1.54, 1.807) is 0 Å². The average molecular weight is 250 g/mol. The van der Waals surface area contributed by atoms with Crippen LogP contribution >= 0.6 is 0 Å². The van der Waals surface area contributed by atoms with Crippen molar-refractivity contribution in [3.05, 3.63) is 29.8 Å². The first-order valence-electron chi connectivity index (χ1n) is 6.82. The van der Waals surface area contributed by atoms with Gasteiger partial charge in [0.1, 0.15) is 5.75 Å². The first kappa shape index (κ1) is 15.0. The highest BCUT2D eigenvalue weighted by Gasteiger charge is 2.10. The molecule has 18 heavy (non-hydrogen) atoms. The number of rotatable bonds is 8. The zero-order valence-electron chi connectivity index (χ0n) is 11.9. The highest BCUT2D eigenvalue weighted by atomic mass is 16.5. The summed E-state index contributed by atoms with van der Waals surface area (Å²) in [5, 5.41) is 0. The summed E-state index contributed by atoms with van der Waals surface area (Å²) >= 11 is 0. The van der Waals surface area contributed by atoms with Gasteiger partial charge in [0.25, 0.3) is 0 Å². The summed E-state index contributed by atoms with van der Waals surface area (Å²) in [7, 11) is 2.14. The molecule has 0 saturated heterocycles. The molecule has 0 heterocycles. The van der Waals surface area contributed by atoms with Crippen molar-refractivity contribution >= 4 is 0 Å². The van der Waals surface area contributed by atoms with Gasteiger partial charge >= 0.3 is 0 Å². The van der Waals surface area contributed by atoms with E-state index in [9.17, 15) is 0 Å². The topological polar surface area (TPSA) is 38.5 Å². The van der Waals surface area contributed by atoms with Gasteiger partial charge in [-0.1, -0.05) is 19.1 Å². The standard InChI is InChI=1S/C15H26N2O/c1-4-12-18-15-8-6-14(7-9-15)13(2)17(3)11-5-10-16/h6-9,13H,4-5,10-12,16H2,1-3H3. The molecule has 1 rings (SSSR count). The van der Waals surface area contributed by atoms with E-state index < -0.39 is 0 Å². The molecule has 3 nitrogen and oxygen atoms in total. The zero-order valence-corrected chi connectivity index (χ0v) is 11.9. The first-order valence-corrected chi connectivity index (χ1v) is 6.82. The van der Waals surface area contributed by atoms with Gasteiger partial charge in [-0.05, 0) is 57.6 Å². The fraction of sp³-hybridized carbons (Fsp3) is 0.600. The number of nitrogens with two attached hydrogens (primary N) is 1. The molecule has 0 aromatic heterocycles. The van der Waals surface area contributed by atoms with Gasteiger partial charge < -0.3 is 10.5 Å². The molecule has 1 unspecified atom stereocenters. The fourth-order valence-electron chi connectivity index (χ4n) is 1.85. The van der Waals surface area contributed by atoms with Gasteiger partial charge in [0.15, 0.2) is 0 Å². The molecule has 0 aliphatic rings. The predicted octanol–water partition coefficient (Wildman–Crippen LogP) is 2.82. The summed E-state index contributed by atoms with van der Waals surface area (Å²) in [6.07, 6.45) is 2.08. The summed E-state index contributed by atoms with van der Waals surface area (Å²) in [5.74, 6) is 0.956. The van der Waals surface area contributed by atoms with E-state index in [0.29, 0.717) is 6.04 Å². The molecule has 0 amide bonds. The number of hydrogen-bond donors (Lipinski definition) is 1. The lowest BCUT2D eigenvalue weighted by Crippen LogP contribution is -2.25. The molecular weight excluding hydrogens is 224 g/mol. The molecule has 3 heteroatoms. The lowest BCUT2D eigenvalue weighted by atomic mass is 10.1. The van der Waals surface area contributed by atoms with Crippen LogP contribution in [0, 0.1) is 0 Å². The normalized spacial score (nSPS) is 12.7. The van der Waals surface area contributed by atoms with Crippen LogP contribution in [0.5, 0.6) is 5.75 Å². The maximum atomic E-state index is 5.59. The number of nitrogens with zero attached hydrogens (tertiary/aromatic N) is 1. The third kappa shape index (κ3) is 4.67. The minimum atomic E-state index is 0.414. The van der Waals surface area contributed by atoms with Gasteiger partial charge in [-0.25, -0.2) is 0 Å². The Kier molecular flexibility index (Phi) is 6.76.